The average molecular weight is 327 g/mol. The van der Waals surface area contributed by atoms with Gasteiger partial charge in [0, 0.05) is 18.7 Å². The highest BCUT2D eigenvalue weighted by atomic mass is 19.1. The van der Waals surface area contributed by atoms with E-state index in [1.54, 1.807) is 29.1 Å². The molecule has 0 amide bonds. The van der Waals surface area contributed by atoms with E-state index in [9.17, 15) is 9.50 Å². The number of halogens is 1. The Morgan fingerprint density at radius 2 is 1.92 bits per heavy atom. The number of hydrogen-bond acceptors (Lipinski definition) is 5. The van der Waals surface area contributed by atoms with Gasteiger partial charge in [-0.15, -0.1) is 0 Å². The fourth-order valence-electron chi connectivity index (χ4n) is 3.19. The fourth-order valence-corrected chi connectivity index (χ4v) is 3.19. The van der Waals surface area contributed by atoms with Gasteiger partial charge in [-0.25, -0.2) is 19.3 Å². The third-order valence-electron chi connectivity index (χ3n) is 4.42. The molecular weight excluding hydrogens is 309 g/mol. The van der Waals surface area contributed by atoms with Gasteiger partial charge in [0.05, 0.1) is 19.0 Å². The van der Waals surface area contributed by atoms with E-state index in [1.807, 2.05) is 0 Å². The Kier molecular flexibility index (Phi) is 3.86. The van der Waals surface area contributed by atoms with Crippen molar-refractivity contribution >= 4 is 17.0 Å². The van der Waals surface area contributed by atoms with Crippen molar-refractivity contribution < 1.29 is 9.50 Å². The highest BCUT2D eigenvalue weighted by molar-refractivity contribution is 5.83. The van der Waals surface area contributed by atoms with E-state index in [2.05, 4.69) is 19.9 Å². The van der Waals surface area contributed by atoms with Crippen LogP contribution in [0.15, 0.2) is 36.9 Å². The molecule has 3 heterocycles. The summed E-state index contributed by atoms with van der Waals surface area (Å²) in [5, 5.41) is 10.4. The number of aromatic nitrogens is 4. The summed E-state index contributed by atoms with van der Waals surface area (Å²) in [5.74, 6) is 0.415. The Bertz CT molecular complexity index is 859. The molecule has 4 rings (SSSR count). The van der Waals surface area contributed by atoms with Crippen LogP contribution in [0.5, 0.6) is 0 Å². The standard InChI is InChI=1S/C17H18FN5O/c18-13-6-2-1-5-12(13)14(24)9-23-11-21-15-16(19-10-20-17(15)23)22-7-3-4-8-22/h1-2,5-6,10-11,14,24H,3-4,7-9H2. The number of benzene rings is 1. The highest BCUT2D eigenvalue weighted by Crippen LogP contribution is 2.26. The molecule has 1 saturated heterocycles. The molecule has 3 aromatic rings. The van der Waals surface area contributed by atoms with Crippen LogP contribution in [0.3, 0.4) is 0 Å². The number of aliphatic hydroxyl groups is 1. The Balaban J connectivity index is 1.66. The van der Waals surface area contributed by atoms with E-state index in [-0.39, 0.29) is 12.1 Å². The van der Waals surface area contributed by atoms with Crippen molar-refractivity contribution in [1.82, 2.24) is 19.5 Å². The first kappa shape index (κ1) is 15.0. The molecule has 0 bridgehead atoms. The molecule has 1 atom stereocenters. The quantitative estimate of drug-likeness (QED) is 0.796. The van der Waals surface area contributed by atoms with Gasteiger partial charge in [-0.05, 0) is 18.9 Å². The summed E-state index contributed by atoms with van der Waals surface area (Å²) in [6, 6.07) is 6.25. The van der Waals surface area contributed by atoms with Gasteiger partial charge in [-0.1, -0.05) is 18.2 Å². The van der Waals surface area contributed by atoms with Crippen molar-refractivity contribution in [1.29, 1.82) is 0 Å². The number of aliphatic hydroxyl groups excluding tert-OH is 1. The van der Waals surface area contributed by atoms with Crippen LogP contribution >= 0.6 is 0 Å². The maximum absolute atomic E-state index is 13.8. The molecule has 6 nitrogen and oxygen atoms in total. The van der Waals surface area contributed by atoms with Crippen LogP contribution in [-0.2, 0) is 6.54 Å². The summed E-state index contributed by atoms with van der Waals surface area (Å²) >= 11 is 0. The predicted molar refractivity (Wildman–Crippen MR) is 88.1 cm³/mol. The Morgan fingerprint density at radius 1 is 1.12 bits per heavy atom. The summed E-state index contributed by atoms with van der Waals surface area (Å²) in [5.41, 5.74) is 1.65. The van der Waals surface area contributed by atoms with Crippen LogP contribution in [0.2, 0.25) is 0 Å². The zero-order chi connectivity index (χ0) is 16.5. The minimum absolute atomic E-state index is 0.188. The average Bonchev–Trinajstić information content (AvgIpc) is 3.25. The first-order valence-electron chi connectivity index (χ1n) is 8.07. The van der Waals surface area contributed by atoms with Gasteiger partial charge in [0.1, 0.15) is 12.1 Å². The molecule has 1 aliphatic heterocycles. The second kappa shape index (κ2) is 6.16. The van der Waals surface area contributed by atoms with E-state index in [1.165, 1.54) is 12.4 Å². The summed E-state index contributed by atoms with van der Waals surface area (Å²) in [6.07, 6.45) is 4.48. The van der Waals surface area contributed by atoms with Crippen molar-refractivity contribution in [2.75, 3.05) is 18.0 Å². The summed E-state index contributed by atoms with van der Waals surface area (Å²) in [7, 11) is 0. The molecular formula is C17H18FN5O. The molecule has 0 aliphatic carbocycles. The first-order chi connectivity index (χ1) is 11.7. The van der Waals surface area contributed by atoms with Crippen molar-refractivity contribution in [3.63, 3.8) is 0 Å². The molecule has 0 spiro atoms. The van der Waals surface area contributed by atoms with Crippen LogP contribution in [0, 0.1) is 5.82 Å². The second-order valence-corrected chi connectivity index (χ2v) is 6.00. The topological polar surface area (TPSA) is 67.1 Å². The highest BCUT2D eigenvalue weighted by Gasteiger charge is 2.20. The lowest BCUT2D eigenvalue weighted by Crippen LogP contribution is -2.19. The van der Waals surface area contributed by atoms with Crippen LogP contribution < -0.4 is 4.90 Å². The largest absolute Gasteiger partial charge is 0.386 e. The molecule has 1 aliphatic rings. The van der Waals surface area contributed by atoms with Gasteiger partial charge in [-0.2, -0.15) is 0 Å². The van der Waals surface area contributed by atoms with E-state index in [0.717, 1.165) is 37.3 Å². The van der Waals surface area contributed by atoms with Crippen LogP contribution in [0.1, 0.15) is 24.5 Å². The number of fused-ring (bicyclic) bond motifs is 1. The van der Waals surface area contributed by atoms with Gasteiger partial charge >= 0.3 is 0 Å². The number of rotatable bonds is 4. The van der Waals surface area contributed by atoms with E-state index in [0.29, 0.717) is 5.65 Å². The Morgan fingerprint density at radius 3 is 2.71 bits per heavy atom. The molecule has 124 valence electrons. The number of nitrogens with zero attached hydrogens (tertiary/aromatic N) is 5. The smallest absolute Gasteiger partial charge is 0.165 e. The molecule has 24 heavy (non-hydrogen) atoms. The second-order valence-electron chi connectivity index (χ2n) is 6.00. The van der Waals surface area contributed by atoms with E-state index < -0.39 is 11.9 Å². The van der Waals surface area contributed by atoms with E-state index >= 15 is 0 Å². The molecule has 0 saturated carbocycles. The molecule has 1 unspecified atom stereocenters. The molecule has 1 aromatic carbocycles. The van der Waals surface area contributed by atoms with Crippen molar-refractivity contribution in [2.24, 2.45) is 0 Å². The monoisotopic (exact) mass is 327 g/mol. The third kappa shape index (κ3) is 2.60. The van der Waals surface area contributed by atoms with Gasteiger partial charge in [0.2, 0.25) is 0 Å². The van der Waals surface area contributed by atoms with E-state index in [4.69, 9.17) is 0 Å². The number of anilines is 1. The molecule has 2 aromatic heterocycles. The lowest BCUT2D eigenvalue weighted by molar-refractivity contribution is 0.153. The Labute approximate surface area is 138 Å². The Hall–Kier alpha value is -2.54. The minimum atomic E-state index is -0.964. The molecule has 7 heteroatoms. The maximum Gasteiger partial charge on any atom is 0.165 e. The van der Waals surface area contributed by atoms with Crippen LogP contribution in [0.4, 0.5) is 10.2 Å². The zero-order valence-electron chi connectivity index (χ0n) is 13.1. The molecule has 1 fully saturated rings. The lowest BCUT2D eigenvalue weighted by Gasteiger charge is -2.16. The summed E-state index contributed by atoms with van der Waals surface area (Å²) < 4.78 is 15.6. The SMILES string of the molecule is OC(Cn1cnc2c(N3CCCC3)ncnc21)c1ccccc1F. The minimum Gasteiger partial charge on any atom is -0.386 e. The first-order valence-corrected chi connectivity index (χ1v) is 8.07. The predicted octanol–water partition coefficient (Wildman–Crippen LogP) is 2.30. The number of hydrogen-bond donors (Lipinski definition) is 1. The molecule has 1 N–H and O–H groups in total. The normalized spacial score (nSPS) is 16.0. The lowest BCUT2D eigenvalue weighted by atomic mass is 10.1. The van der Waals surface area contributed by atoms with Crippen molar-refractivity contribution in [2.45, 2.75) is 25.5 Å². The molecule has 0 radical (unpaired) electrons. The van der Waals surface area contributed by atoms with Gasteiger partial charge in [0.15, 0.2) is 17.0 Å². The van der Waals surface area contributed by atoms with Crippen LogP contribution in [-0.4, -0.2) is 37.7 Å². The van der Waals surface area contributed by atoms with Gasteiger partial charge in [-0.3, -0.25) is 0 Å². The zero-order valence-corrected chi connectivity index (χ0v) is 13.1. The fraction of sp³-hybridized carbons (Fsp3) is 0.353. The van der Waals surface area contributed by atoms with Crippen molar-refractivity contribution in [3.8, 4) is 0 Å². The van der Waals surface area contributed by atoms with Gasteiger partial charge in [0.25, 0.3) is 0 Å². The number of imidazole rings is 1. The van der Waals surface area contributed by atoms with Gasteiger partial charge < -0.3 is 14.6 Å². The summed E-state index contributed by atoms with van der Waals surface area (Å²) in [4.78, 5) is 15.3. The van der Waals surface area contributed by atoms with Crippen molar-refractivity contribution in [3.05, 3.63) is 48.3 Å². The maximum atomic E-state index is 13.8. The third-order valence-corrected chi connectivity index (χ3v) is 4.42. The summed E-state index contributed by atoms with van der Waals surface area (Å²) in [6.45, 7) is 2.13. The van der Waals surface area contributed by atoms with Crippen LogP contribution in [0.25, 0.3) is 11.2 Å².